The van der Waals surface area contributed by atoms with Gasteiger partial charge in [-0.15, -0.1) is 0 Å². The number of hydrogen-bond acceptors (Lipinski definition) is 4. The molecule has 1 aromatic carbocycles. The molecule has 1 atom stereocenters. The predicted octanol–water partition coefficient (Wildman–Crippen LogP) is 1.43. The Morgan fingerprint density at radius 2 is 2.12 bits per heavy atom. The van der Waals surface area contributed by atoms with Gasteiger partial charge < -0.3 is 20.1 Å². The molecule has 1 saturated heterocycles. The summed E-state index contributed by atoms with van der Waals surface area (Å²) in [6.45, 7) is 0.164. The monoisotopic (exact) mass is 352 g/mol. The van der Waals surface area contributed by atoms with Crippen molar-refractivity contribution >= 4 is 35.1 Å². The molecule has 0 bridgehead atoms. The molecule has 128 valence electrons. The third kappa shape index (κ3) is 2.91. The molecule has 1 saturated carbocycles. The van der Waals surface area contributed by atoms with Crippen LogP contribution in [0.2, 0.25) is 5.02 Å². The van der Waals surface area contributed by atoms with Gasteiger partial charge in [0.1, 0.15) is 11.3 Å². The van der Waals surface area contributed by atoms with Crippen molar-refractivity contribution in [2.24, 2.45) is 5.92 Å². The molecule has 1 aromatic rings. The van der Waals surface area contributed by atoms with Crippen molar-refractivity contribution in [2.75, 3.05) is 18.6 Å². The summed E-state index contributed by atoms with van der Waals surface area (Å²) in [6, 6.07) is 4.92. The number of methoxy groups -OCH3 is 1. The highest BCUT2D eigenvalue weighted by Gasteiger charge is 2.53. The van der Waals surface area contributed by atoms with Crippen LogP contribution in [0.3, 0.4) is 0 Å². The van der Waals surface area contributed by atoms with Crippen molar-refractivity contribution in [3.05, 3.63) is 23.2 Å². The molecule has 0 radical (unpaired) electrons. The van der Waals surface area contributed by atoms with Gasteiger partial charge >= 0.3 is 5.97 Å². The van der Waals surface area contributed by atoms with Crippen molar-refractivity contribution in [2.45, 2.75) is 24.8 Å². The van der Waals surface area contributed by atoms with Crippen molar-refractivity contribution in [3.8, 4) is 5.75 Å². The highest BCUT2D eigenvalue weighted by atomic mass is 35.5. The summed E-state index contributed by atoms with van der Waals surface area (Å²) in [5, 5.41) is 12.2. The fourth-order valence-corrected chi connectivity index (χ4v) is 3.01. The second kappa shape index (κ2) is 5.98. The molecule has 8 heteroatoms. The summed E-state index contributed by atoms with van der Waals surface area (Å²) >= 11 is 5.99. The number of hydrogen-bond donors (Lipinski definition) is 2. The van der Waals surface area contributed by atoms with E-state index in [1.807, 2.05) is 0 Å². The van der Waals surface area contributed by atoms with Gasteiger partial charge in [0.15, 0.2) is 0 Å². The molecule has 1 aliphatic heterocycles. The van der Waals surface area contributed by atoms with Crippen LogP contribution in [0.5, 0.6) is 5.75 Å². The maximum absolute atomic E-state index is 12.3. The first-order chi connectivity index (χ1) is 11.4. The molecule has 24 heavy (non-hydrogen) atoms. The quantitative estimate of drug-likeness (QED) is 0.835. The summed E-state index contributed by atoms with van der Waals surface area (Å²) in [6.07, 6.45) is 0.859. The van der Waals surface area contributed by atoms with Crippen LogP contribution < -0.4 is 15.0 Å². The number of nitrogens with one attached hydrogen (secondary N) is 1. The number of amides is 2. The number of anilines is 1. The molecule has 2 aliphatic rings. The van der Waals surface area contributed by atoms with Crippen molar-refractivity contribution in [1.29, 1.82) is 0 Å². The fraction of sp³-hybridized carbons (Fsp3) is 0.438. The maximum atomic E-state index is 12.3. The van der Waals surface area contributed by atoms with Crippen LogP contribution >= 0.6 is 11.6 Å². The van der Waals surface area contributed by atoms with Crippen LogP contribution in [0.1, 0.15) is 19.3 Å². The number of carboxylic acid groups (broad SMARTS) is 1. The number of rotatable bonds is 5. The molecular weight excluding hydrogens is 336 g/mol. The molecule has 0 spiro atoms. The van der Waals surface area contributed by atoms with Gasteiger partial charge in [0, 0.05) is 18.0 Å². The van der Waals surface area contributed by atoms with Crippen LogP contribution in [0, 0.1) is 5.92 Å². The van der Waals surface area contributed by atoms with E-state index in [0.29, 0.717) is 29.3 Å². The minimum absolute atomic E-state index is 0.0250. The van der Waals surface area contributed by atoms with Crippen LogP contribution in [-0.2, 0) is 14.4 Å². The van der Waals surface area contributed by atoms with Crippen molar-refractivity contribution in [1.82, 2.24) is 5.32 Å². The smallest absolute Gasteiger partial charge is 0.329 e. The molecular formula is C16H17ClN2O5. The molecule has 2 fully saturated rings. The minimum Gasteiger partial charge on any atom is -0.495 e. The number of ether oxygens (including phenoxy) is 1. The lowest BCUT2D eigenvalue weighted by Gasteiger charge is -2.20. The summed E-state index contributed by atoms with van der Waals surface area (Å²) < 4.78 is 5.25. The number of nitrogens with zero attached hydrogens (tertiary/aromatic N) is 1. The van der Waals surface area contributed by atoms with Gasteiger partial charge in [-0.3, -0.25) is 9.59 Å². The van der Waals surface area contributed by atoms with E-state index in [-0.39, 0.29) is 18.9 Å². The van der Waals surface area contributed by atoms with Gasteiger partial charge in [0.05, 0.1) is 18.7 Å². The van der Waals surface area contributed by atoms with Gasteiger partial charge in [0.25, 0.3) is 0 Å². The second-order valence-electron chi connectivity index (χ2n) is 6.10. The first-order valence-electron chi connectivity index (χ1n) is 7.55. The predicted molar refractivity (Wildman–Crippen MR) is 86.2 cm³/mol. The Balaban J connectivity index is 1.75. The van der Waals surface area contributed by atoms with Gasteiger partial charge in [0.2, 0.25) is 11.8 Å². The topological polar surface area (TPSA) is 95.9 Å². The highest BCUT2D eigenvalue weighted by molar-refractivity contribution is 6.31. The first-order valence-corrected chi connectivity index (χ1v) is 7.93. The third-order valence-electron chi connectivity index (χ3n) is 4.45. The summed E-state index contributed by atoms with van der Waals surface area (Å²) in [5.41, 5.74) is -0.647. The zero-order valence-corrected chi connectivity index (χ0v) is 13.8. The average molecular weight is 353 g/mol. The number of benzene rings is 1. The van der Waals surface area contributed by atoms with Crippen LogP contribution in [0.15, 0.2) is 18.2 Å². The number of carbonyl (C=O) groups excluding carboxylic acids is 2. The van der Waals surface area contributed by atoms with E-state index in [1.165, 1.54) is 12.0 Å². The van der Waals surface area contributed by atoms with E-state index < -0.39 is 23.3 Å². The highest BCUT2D eigenvalue weighted by Crippen LogP contribution is 2.38. The Hall–Kier alpha value is -2.28. The number of carboxylic acids is 1. The van der Waals surface area contributed by atoms with Crippen molar-refractivity contribution < 1.29 is 24.2 Å². The maximum Gasteiger partial charge on any atom is 0.329 e. The largest absolute Gasteiger partial charge is 0.495 e. The summed E-state index contributed by atoms with van der Waals surface area (Å²) in [7, 11) is 1.49. The molecule has 3 rings (SSSR count). The normalized spacial score (nSPS) is 21.5. The fourth-order valence-electron chi connectivity index (χ4n) is 2.85. The Bertz CT molecular complexity index is 716. The van der Waals surface area contributed by atoms with Gasteiger partial charge in [-0.25, -0.2) is 4.79 Å². The summed E-state index contributed by atoms with van der Waals surface area (Å²) in [4.78, 5) is 37.3. The first kappa shape index (κ1) is 16.6. The molecule has 2 N–H and O–H groups in total. The molecule has 0 aromatic heterocycles. The lowest BCUT2D eigenvalue weighted by atomic mass is 10.1. The molecule has 1 aliphatic carbocycles. The number of halogens is 1. The Morgan fingerprint density at radius 1 is 1.42 bits per heavy atom. The Morgan fingerprint density at radius 3 is 2.71 bits per heavy atom. The molecule has 7 nitrogen and oxygen atoms in total. The van der Waals surface area contributed by atoms with Crippen LogP contribution in [-0.4, -0.2) is 42.1 Å². The number of aliphatic carboxylic acids is 1. The Labute approximate surface area is 143 Å². The molecule has 2 amide bonds. The minimum atomic E-state index is -1.15. The third-order valence-corrected chi connectivity index (χ3v) is 4.68. The summed E-state index contributed by atoms with van der Waals surface area (Å²) in [5.74, 6) is -1.79. The van der Waals surface area contributed by atoms with E-state index >= 15 is 0 Å². The zero-order valence-electron chi connectivity index (χ0n) is 13.0. The SMILES string of the molecule is COc1ccc(Cl)cc1N1CC(C(=O)NC2(C(=O)O)CC2)CC1=O. The van der Waals surface area contributed by atoms with E-state index in [0.717, 1.165) is 0 Å². The Kier molecular flexibility index (Phi) is 4.13. The van der Waals surface area contributed by atoms with Gasteiger partial charge in [-0.1, -0.05) is 11.6 Å². The second-order valence-corrected chi connectivity index (χ2v) is 6.53. The van der Waals surface area contributed by atoms with E-state index in [9.17, 15) is 14.4 Å². The molecule has 1 heterocycles. The lowest BCUT2D eigenvalue weighted by molar-refractivity contribution is -0.143. The standard InChI is InChI=1S/C16H17ClN2O5/c1-24-12-3-2-10(17)7-11(12)19-8-9(6-13(19)20)14(21)18-16(4-5-16)15(22)23/h2-3,7,9H,4-6,8H2,1H3,(H,18,21)(H,22,23). The molecule has 1 unspecified atom stereocenters. The van der Waals surface area contributed by atoms with E-state index in [2.05, 4.69) is 5.32 Å². The number of carbonyl (C=O) groups is 3. The lowest BCUT2D eigenvalue weighted by Crippen LogP contribution is -2.46. The van der Waals surface area contributed by atoms with E-state index in [1.54, 1.807) is 18.2 Å². The zero-order chi connectivity index (χ0) is 17.5. The van der Waals surface area contributed by atoms with Crippen LogP contribution in [0.4, 0.5) is 5.69 Å². The van der Waals surface area contributed by atoms with Crippen molar-refractivity contribution in [3.63, 3.8) is 0 Å². The average Bonchev–Trinajstić information content (AvgIpc) is 3.22. The van der Waals surface area contributed by atoms with Gasteiger partial charge in [-0.05, 0) is 31.0 Å². The van der Waals surface area contributed by atoms with Crippen LogP contribution in [0.25, 0.3) is 0 Å². The van der Waals surface area contributed by atoms with Gasteiger partial charge in [-0.2, -0.15) is 0 Å². The van der Waals surface area contributed by atoms with E-state index in [4.69, 9.17) is 21.4 Å².